The average molecular weight is 272 g/mol. The molecule has 2 rings (SSSR count). The number of carbonyl (C=O) groups is 1. The lowest BCUT2D eigenvalue weighted by Crippen LogP contribution is -2.19. The first-order valence-corrected chi connectivity index (χ1v) is 6.44. The van der Waals surface area contributed by atoms with Gasteiger partial charge in [-0.3, -0.25) is 4.79 Å². The van der Waals surface area contributed by atoms with Crippen LogP contribution in [0.4, 0.5) is 4.39 Å². The number of primary amides is 1. The first kappa shape index (κ1) is 14.2. The molecule has 0 radical (unpaired) electrons. The van der Waals surface area contributed by atoms with E-state index >= 15 is 0 Å². The van der Waals surface area contributed by atoms with Crippen molar-refractivity contribution in [2.75, 3.05) is 0 Å². The Labute approximate surface area is 117 Å². The van der Waals surface area contributed by atoms with E-state index in [1.807, 2.05) is 25.1 Å². The van der Waals surface area contributed by atoms with Crippen molar-refractivity contribution in [2.45, 2.75) is 19.5 Å². The molecule has 0 spiro atoms. The number of carbonyl (C=O) groups excluding carboxylic acids is 1. The Morgan fingerprint density at radius 1 is 1.20 bits per heavy atom. The Bertz CT molecular complexity index is 596. The molecule has 104 valence electrons. The molecule has 3 N–H and O–H groups in total. The van der Waals surface area contributed by atoms with E-state index in [0.717, 1.165) is 5.56 Å². The third-order valence-electron chi connectivity index (χ3n) is 3.22. The van der Waals surface area contributed by atoms with Crippen LogP contribution < -0.4 is 11.1 Å². The van der Waals surface area contributed by atoms with Crippen molar-refractivity contribution in [3.05, 3.63) is 71.0 Å². The lowest BCUT2D eigenvalue weighted by molar-refractivity contribution is 0.100. The predicted molar refractivity (Wildman–Crippen MR) is 76.6 cm³/mol. The van der Waals surface area contributed by atoms with E-state index in [0.29, 0.717) is 17.7 Å². The van der Waals surface area contributed by atoms with Gasteiger partial charge in [0.15, 0.2) is 0 Å². The highest BCUT2D eigenvalue weighted by molar-refractivity contribution is 5.92. The number of nitrogens with one attached hydrogen (secondary N) is 1. The van der Waals surface area contributed by atoms with E-state index < -0.39 is 5.91 Å². The Morgan fingerprint density at radius 2 is 1.85 bits per heavy atom. The van der Waals surface area contributed by atoms with E-state index in [9.17, 15) is 9.18 Å². The second kappa shape index (κ2) is 6.30. The molecule has 1 unspecified atom stereocenters. The van der Waals surface area contributed by atoms with Crippen LogP contribution in [0.2, 0.25) is 0 Å². The fourth-order valence-corrected chi connectivity index (χ4v) is 1.99. The van der Waals surface area contributed by atoms with Gasteiger partial charge in [0.2, 0.25) is 5.91 Å². The maximum absolute atomic E-state index is 13.6. The highest BCUT2D eigenvalue weighted by atomic mass is 19.1. The highest BCUT2D eigenvalue weighted by Gasteiger charge is 2.09. The summed E-state index contributed by atoms with van der Waals surface area (Å²) in [5.74, 6) is -0.652. The molecular formula is C16H17FN2O. The van der Waals surface area contributed by atoms with Gasteiger partial charge in [0, 0.05) is 23.7 Å². The summed E-state index contributed by atoms with van der Waals surface area (Å²) in [7, 11) is 0. The van der Waals surface area contributed by atoms with E-state index in [1.165, 1.54) is 6.07 Å². The number of rotatable bonds is 5. The molecule has 0 saturated heterocycles. The number of nitrogens with two attached hydrogens (primary N) is 1. The standard InChI is InChI=1S/C16H17FN2O/c1-11(14-4-2-3-5-15(14)17)19-10-12-6-8-13(9-7-12)16(18)20/h2-9,11,19H,10H2,1H3,(H2,18,20). The summed E-state index contributed by atoms with van der Waals surface area (Å²) >= 11 is 0. The fourth-order valence-electron chi connectivity index (χ4n) is 1.99. The molecule has 3 nitrogen and oxygen atoms in total. The fraction of sp³-hybridized carbons (Fsp3) is 0.188. The van der Waals surface area contributed by atoms with Gasteiger partial charge in [-0.1, -0.05) is 30.3 Å². The Morgan fingerprint density at radius 3 is 2.45 bits per heavy atom. The molecule has 0 fully saturated rings. The Balaban J connectivity index is 1.98. The van der Waals surface area contributed by atoms with Crippen molar-refractivity contribution in [2.24, 2.45) is 5.73 Å². The first-order valence-electron chi connectivity index (χ1n) is 6.44. The lowest BCUT2D eigenvalue weighted by atomic mass is 10.1. The second-order valence-electron chi connectivity index (χ2n) is 4.69. The van der Waals surface area contributed by atoms with Crippen molar-refractivity contribution in [3.8, 4) is 0 Å². The van der Waals surface area contributed by atoms with Gasteiger partial charge in [-0.2, -0.15) is 0 Å². The van der Waals surface area contributed by atoms with Crippen molar-refractivity contribution in [1.82, 2.24) is 5.32 Å². The monoisotopic (exact) mass is 272 g/mol. The first-order chi connectivity index (χ1) is 9.58. The van der Waals surface area contributed by atoms with Gasteiger partial charge < -0.3 is 11.1 Å². The number of halogens is 1. The van der Waals surface area contributed by atoms with Crippen LogP contribution in [0, 0.1) is 5.82 Å². The van der Waals surface area contributed by atoms with E-state index in [1.54, 1.807) is 24.3 Å². The predicted octanol–water partition coefficient (Wildman–Crippen LogP) is 2.78. The molecule has 0 aromatic heterocycles. The van der Waals surface area contributed by atoms with Crippen molar-refractivity contribution in [1.29, 1.82) is 0 Å². The zero-order chi connectivity index (χ0) is 14.5. The van der Waals surface area contributed by atoms with Crippen LogP contribution in [-0.4, -0.2) is 5.91 Å². The summed E-state index contributed by atoms with van der Waals surface area (Å²) in [6.07, 6.45) is 0. The van der Waals surface area contributed by atoms with Crippen LogP contribution in [0.25, 0.3) is 0 Å². The molecule has 0 aliphatic heterocycles. The van der Waals surface area contributed by atoms with E-state index in [4.69, 9.17) is 5.73 Å². The largest absolute Gasteiger partial charge is 0.366 e. The Hall–Kier alpha value is -2.20. The smallest absolute Gasteiger partial charge is 0.248 e. The molecule has 0 bridgehead atoms. The minimum Gasteiger partial charge on any atom is -0.366 e. The molecular weight excluding hydrogens is 255 g/mol. The van der Waals surface area contributed by atoms with Crippen LogP contribution in [0.1, 0.15) is 34.5 Å². The Kier molecular flexibility index (Phi) is 4.48. The van der Waals surface area contributed by atoms with Crippen LogP contribution in [-0.2, 0) is 6.54 Å². The third-order valence-corrected chi connectivity index (χ3v) is 3.22. The summed E-state index contributed by atoms with van der Waals surface area (Å²) in [4.78, 5) is 11.0. The average Bonchev–Trinajstić information content (AvgIpc) is 2.45. The molecule has 1 atom stereocenters. The number of benzene rings is 2. The van der Waals surface area contributed by atoms with Crippen molar-refractivity contribution in [3.63, 3.8) is 0 Å². The third kappa shape index (κ3) is 3.42. The molecule has 0 saturated carbocycles. The van der Waals surface area contributed by atoms with Crippen molar-refractivity contribution < 1.29 is 9.18 Å². The maximum atomic E-state index is 13.6. The number of hydrogen-bond donors (Lipinski definition) is 2. The molecule has 2 aromatic carbocycles. The molecule has 0 aliphatic rings. The summed E-state index contributed by atoms with van der Waals surface area (Å²) in [6.45, 7) is 2.50. The maximum Gasteiger partial charge on any atom is 0.248 e. The van der Waals surface area contributed by atoms with Gasteiger partial charge in [-0.15, -0.1) is 0 Å². The van der Waals surface area contributed by atoms with E-state index in [2.05, 4.69) is 5.32 Å². The summed E-state index contributed by atoms with van der Waals surface area (Å²) in [5.41, 5.74) is 7.32. The zero-order valence-electron chi connectivity index (χ0n) is 11.3. The van der Waals surface area contributed by atoms with Crippen LogP contribution in [0.3, 0.4) is 0 Å². The van der Waals surface area contributed by atoms with Crippen LogP contribution >= 0.6 is 0 Å². The topological polar surface area (TPSA) is 55.1 Å². The molecule has 4 heteroatoms. The normalized spacial score (nSPS) is 12.1. The zero-order valence-corrected chi connectivity index (χ0v) is 11.3. The molecule has 2 aromatic rings. The van der Waals surface area contributed by atoms with E-state index in [-0.39, 0.29) is 11.9 Å². The van der Waals surface area contributed by atoms with Gasteiger partial charge in [-0.05, 0) is 30.7 Å². The second-order valence-corrected chi connectivity index (χ2v) is 4.69. The number of hydrogen-bond acceptors (Lipinski definition) is 2. The summed E-state index contributed by atoms with van der Waals surface area (Å²) < 4.78 is 13.6. The van der Waals surface area contributed by atoms with Gasteiger partial charge in [0.1, 0.15) is 5.82 Å². The summed E-state index contributed by atoms with van der Waals surface area (Å²) in [6, 6.07) is 13.7. The van der Waals surface area contributed by atoms with Gasteiger partial charge in [-0.25, -0.2) is 4.39 Å². The van der Waals surface area contributed by atoms with Gasteiger partial charge in [0.25, 0.3) is 0 Å². The molecule has 20 heavy (non-hydrogen) atoms. The SMILES string of the molecule is CC(NCc1ccc(C(N)=O)cc1)c1ccccc1F. The molecule has 0 heterocycles. The highest BCUT2D eigenvalue weighted by Crippen LogP contribution is 2.16. The van der Waals surface area contributed by atoms with Gasteiger partial charge in [0.05, 0.1) is 0 Å². The minimum atomic E-state index is -0.441. The van der Waals surface area contributed by atoms with Gasteiger partial charge >= 0.3 is 0 Å². The quantitative estimate of drug-likeness (QED) is 0.879. The number of amides is 1. The van der Waals surface area contributed by atoms with Crippen LogP contribution in [0.5, 0.6) is 0 Å². The molecule has 0 aliphatic carbocycles. The molecule has 1 amide bonds. The summed E-state index contributed by atoms with van der Waals surface area (Å²) in [5, 5.41) is 3.25. The van der Waals surface area contributed by atoms with Crippen LogP contribution in [0.15, 0.2) is 48.5 Å². The lowest BCUT2D eigenvalue weighted by Gasteiger charge is -2.15. The minimum absolute atomic E-state index is 0.0907. The van der Waals surface area contributed by atoms with Crippen molar-refractivity contribution >= 4 is 5.91 Å².